The summed E-state index contributed by atoms with van der Waals surface area (Å²) in [7, 11) is 7.29. The third-order valence-corrected chi connectivity index (χ3v) is 18.6. The number of aromatic nitrogens is 3. The lowest BCUT2D eigenvalue weighted by Gasteiger charge is -2.43. The Balaban J connectivity index is 0.623. The number of amides is 2. The van der Waals surface area contributed by atoms with Crippen LogP contribution in [0.15, 0.2) is 77.8 Å². The largest absolute Gasteiger partial charge is 0.495 e. The zero-order valence-electron chi connectivity index (χ0n) is 50.1. The summed E-state index contributed by atoms with van der Waals surface area (Å²) in [5.41, 5.74) is 4.40. The van der Waals surface area contributed by atoms with Crippen molar-refractivity contribution in [2.75, 3.05) is 139 Å². The number of methoxy groups -OCH3 is 1. The van der Waals surface area contributed by atoms with Gasteiger partial charge in [0.25, 0.3) is 5.91 Å². The maximum Gasteiger partial charge on any atom is 0.406 e. The van der Waals surface area contributed by atoms with Crippen LogP contribution in [0.5, 0.6) is 5.75 Å². The number of benzene rings is 3. The van der Waals surface area contributed by atoms with E-state index in [4.69, 9.17) is 23.9 Å². The number of hydrogen-bond acceptors (Lipinski definition) is 15. The summed E-state index contributed by atoms with van der Waals surface area (Å²) in [4.78, 5) is 46.0. The normalized spacial score (nSPS) is 18.0. The van der Waals surface area contributed by atoms with E-state index in [9.17, 15) is 22.8 Å². The molecule has 9 rings (SSSR count). The topological polar surface area (TPSA) is 166 Å². The lowest BCUT2D eigenvalue weighted by molar-refractivity contribution is -0.140. The highest BCUT2D eigenvalue weighted by atomic mass is 32.2. The molecule has 3 aliphatic heterocycles. The fraction of sp³-hybridized carbons (Fsp3) is 0.540. The Hall–Kier alpha value is -6.45. The van der Waals surface area contributed by atoms with E-state index in [0.29, 0.717) is 85.9 Å². The number of rotatable bonds is 26. The minimum atomic E-state index is -4.39. The Morgan fingerprint density at radius 2 is 1.58 bits per heavy atom. The monoisotopic (exact) mass is 1190 g/mol. The van der Waals surface area contributed by atoms with Gasteiger partial charge in [-0.15, -0.1) is 0 Å². The number of likely N-dealkylation sites (N-methyl/N-ethyl adjacent to an activating group) is 2. The van der Waals surface area contributed by atoms with Crippen LogP contribution >= 0.6 is 10.7 Å². The first-order valence-corrected chi connectivity index (χ1v) is 31.3. The fourth-order valence-electron chi connectivity index (χ4n) is 11.8. The Labute approximate surface area is 501 Å². The molecule has 4 aliphatic rings. The van der Waals surface area contributed by atoms with E-state index in [-0.39, 0.29) is 53.2 Å². The van der Waals surface area contributed by atoms with Crippen LogP contribution in [0.1, 0.15) is 87.7 Å². The summed E-state index contributed by atoms with van der Waals surface area (Å²) in [6.45, 7) is 11.6. The molecule has 2 atom stereocenters. The van der Waals surface area contributed by atoms with Gasteiger partial charge in [0.2, 0.25) is 11.9 Å². The van der Waals surface area contributed by atoms with Crippen molar-refractivity contribution in [2.45, 2.75) is 113 Å². The van der Waals surface area contributed by atoms with Crippen LogP contribution in [0, 0.1) is 11.8 Å². The Kier molecular flexibility index (Phi) is 22.4. The maximum atomic E-state index is 13.8. The number of ether oxygens (including phenoxy) is 4. The predicted octanol–water partition coefficient (Wildman–Crippen LogP) is 9.46. The van der Waals surface area contributed by atoms with Crippen molar-refractivity contribution in [1.82, 2.24) is 34.0 Å². The van der Waals surface area contributed by atoms with Crippen LogP contribution in [0.2, 0.25) is 0 Å². The van der Waals surface area contributed by atoms with Crippen LogP contribution in [0.25, 0.3) is 10.9 Å². The second kappa shape index (κ2) is 30.3. The molecule has 2 aromatic heterocycles. The van der Waals surface area contributed by atoms with Gasteiger partial charge in [-0.3, -0.25) is 13.9 Å². The molecule has 4 N–H and O–H groups in total. The van der Waals surface area contributed by atoms with Crippen LogP contribution in [0.3, 0.4) is 0 Å². The first kappa shape index (κ1) is 63.1. The maximum absolute atomic E-state index is 13.8. The molecule has 2 amide bonds. The van der Waals surface area contributed by atoms with Gasteiger partial charge in [-0.25, -0.2) is 4.98 Å². The van der Waals surface area contributed by atoms with Crippen LogP contribution < -0.4 is 35.8 Å². The van der Waals surface area contributed by atoms with Crippen molar-refractivity contribution >= 4 is 73.3 Å². The van der Waals surface area contributed by atoms with Gasteiger partial charge in [-0.2, -0.15) is 18.2 Å². The highest BCUT2D eigenvalue weighted by Crippen LogP contribution is 2.41. The lowest BCUT2D eigenvalue weighted by Crippen LogP contribution is -2.55. The summed E-state index contributed by atoms with van der Waals surface area (Å²) >= 11 is 0. The molecule has 2 saturated heterocycles. The minimum Gasteiger partial charge on any atom is -0.495 e. The second-order valence-electron chi connectivity index (χ2n) is 22.3. The third kappa shape index (κ3) is 16.8. The Bertz CT molecular complexity index is 3110. The van der Waals surface area contributed by atoms with Gasteiger partial charge >= 0.3 is 6.18 Å². The smallest absolute Gasteiger partial charge is 0.406 e. The molecule has 0 radical (unpaired) electrons. The lowest BCUT2D eigenvalue weighted by atomic mass is 10.0. The molecular weight excluding hydrogens is 1110 g/mol. The van der Waals surface area contributed by atoms with E-state index in [2.05, 4.69) is 95.6 Å². The van der Waals surface area contributed by atoms with Gasteiger partial charge in [0.05, 0.1) is 76.4 Å². The number of hydrogen-bond donors (Lipinski definition) is 4. The van der Waals surface area contributed by atoms with Crippen molar-refractivity contribution in [3.63, 3.8) is 0 Å². The first-order chi connectivity index (χ1) is 41.2. The quantitative estimate of drug-likeness (QED) is 0.0235. The van der Waals surface area contributed by atoms with Gasteiger partial charge in [-0.1, -0.05) is 42.4 Å². The average Bonchev–Trinajstić information content (AvgIpc) is 4.29. The number of carbonyl (C=O) groups is 2. The molecule has 3 aromatic carbocycles. The molecule has 0 bridgehead atoms. The van der Waals surface area contributed by atoms with Crippen LogP contribution in [-0.4, -0.2) is 190 Å². The van der Waals surface area contributed by atoms with Crippen molar-refractivity contribution in [3.05, 3.63) is 84.2 Å². The van der Waals surface area contributed by atoms with Crippen molar-refractivity contribution in [1.29, 1.82) is 0 Å². The average molecular weight is 1200 g/mol. The molecular formula is C63H85F3N12O6S. The van der Waals surface area contributed by atoms with Crippen molar-refractivity contribution < 1.29 is 41.7 Å². The third-order valence-electron chi connectivity index (χ3n) is 16.5. The van der Waals surface area contributed by atoms with Crippen LogP contribution in [-0.2, 0) is 25.5 Å². The molecule has 3 fully saturated rings. The van der Waals surface area contributed by atoms with E-state index in [1.165, 1.54) is 4.57 Å². The molecule has 22 heteroatoms. The molecule has 5 heterocycles. The molecule has 5 aromatic rings. The van der Waals surface area contributed by atoms with Gasteiger partial charge in [0.15, 0.2) is 5.82 Å². The fourth-order valence-corrected chi connectivity index (χ4v) is 13.5. The molecule has 2 unspecified atom stereocenters. The van der Waals surface area contributed by atoms with E-state index in [1.807, 2.05) is 37.3 Å². The van der Waals surface area contributed by atoms with Gasteiger partial charge < -0.3 is 64.4 Å². The molecule has 1 saturated carbocycles. The van der Waals surface area contributed by atoms with E-state index < -0.39 is 12.7 Å². The van der Waals surface area contributed by atoms with E-state index >= 15 is 0 Å². The van der Waals surface area contributed by atoms with Crippen molar-refractivity contribution in [3.8, 4) is 17.6 Å². The number of anilines is 6. The number of nitrogens with one attached hydrogen (secondary N) is 4. The predicted molar refractivity (Wildman–Crippen MR) is 334 cm³/mol. The number of carbonyl (C=O) groups excluding carboxylic acids is 2. The van der Waals surface area contributed by atoms with Crippen molar-refractivity contribution in [2.24, 2.45) is 0 Å². The number of nitrogens with zero attached hydrogens (tertiary/aromatic N) is 8. The molecule has 18 nitrogen and oxygen atoms in total. The Morgan fingerprint density at radius 3 is 2.27 bits per heavy atom. The number of likely N-dealkylation sites (tertiary alicyclic amines) is 2. The minimum absolute atomic E-state index is 0.0591. The Morgan fingerprint density at radius 1 is 0.871 bits per heavy atom. The highest BCUT2D eigenvalue weighted by molar-refractivity contribution is 8.12. The van der Waals surface area contributed by atoms with E-state index in [0.717, 1.165) is 118 Å². The van der Waals surface area contributed by atoms with Crippen LogP contribution in [0.4, 0.5) is 47.7 Å². The van der Waals surface area contributed by atoms with Gasteiger partial charge in [0, 0.05) is 78.6 Å². The summed E-state index contributed by atoms with van der Waals surface area (Å²) in [6, 6.07) is 21.1. The van der Waals surface area contributed by atoms with Gasteiger partial charge in [0.1, 0.15) is 24.0 Å². The molecule has 0 spiro atoms. The molecule has 1 aliphatic carbocycles. The summed E-state index contributed by atoms with van der Waals surface area (Å²) < 4.78 is 68.3. The number of fused-ring (bicyclic) bond motifs is 2. The summed E-state index contributed by atoms with van der Waals surface area (Å²) in [5, 5.41) is 16.4. The highest BCUT2D eigenvalue weighted by Gasteiger charge is 2.41. The summed E-state index contributed by atoms with van der Waals surface area (Å²) in [6.07, 6.45) is 5.99. The van der Waals surface area contributed by atoms with E-state index in [1.54, 1.807) is 49.5 Å². The zero-order chi connectivity index (χ0) is 59.9. The second-order valence-corrected chi connectivity index (χ2v) is 24.5. The molecule has 460 valence electrons. The summed E-state index contributed by atoms with van der Waals surface area (Å²) in [5.74, 6) is 7.65. The number of alkyl halides is 3. The standard InChI is InChI=1S/C63H85F3N12O6S/c1-7-55-61(80)75(5)57-43-68-62(72-59(57)78(55)49-13-9-10-14-49)71-54-23-18-45(41-58(54)81-6)60(79)70-48-26-31-76(32-27-48)34-36-83-38-40-84-39-37-82-35-33-74(4)85(8-2)51-21-19-46(20-22-51)67-28-12-15-50-42-52-53(69-47-24-29-73(3)30-25-47)16-11-17-56(52)77(50)44-63(64,65)66/h8,11,16-23,41-43,47-49,55,67,69H,7,9-10,13-14,24-40,44H2,1-6H3,(H,70,79)(H,68,71,72). The zero-order valence-corrected chi connectivity index (χ0v) is 51.0. The van der Waals surface area contributed by atoms with Gasteiger partial charge in [-0.05, 0) is 151 Å². The SMILES string of the molecule is C/C=S(/c1ccc(NCC#Cc2cc3c(NC4CCN(C)CC4)cccc3n2CC(F)(F)F)cc1)N(C)CCOCCOCCOCCN1CCC(NC(=O)c2ccc(Nc3ncc4c(n3)N(C3CCCC3)C(CC)C(=O)N4C)c(OC)c2)CC1. The number of halogens is 3. The molecule has 85 heavy (non-hydrogen) atoms. The first-order valence-electron chi connectivity index (χ1n) is 30.0. The number of piperidine rings is 2.